The van der Waals surface area contributed by atoms with Gasteiger partial charge < -0.3 is 10.0 Å². The Morgan fingerprint density at radius 1 is 1.12 bits per heavy atom. The summed E-state index contributed by atoms with van der Waals surface area (Å²) in [6, 6.07) is 0.713. The molecule has 0 aromatic heterocycles. The van der Waals surface area contributed by atoms with Crippen LogP contribution in [-0.2, 0) is 0 Å². The molecule has 2 unspecified atom stereocenters. The van der Waals surface area contributed by atoms with E-state index in [1.54, 1.807) is 0 Å². The van der Waals surface area contributed by atoms with Gasteiger partial charge in [-0.2, -0.15) is 0 Å². The Kier molecular flexibility index (Phi) is 4.48. The van der Waals surface area contributed by atoms with E-state index in [2.05, 4.69) is 18.9 Å². The van der Waals surface area contributed by atoms with Crippen molar-refractivity contribution < 1.29 is 5.11 Å². The Bertz CT molecular complexity index is 235. The van der Waals surface area contributed by atoms with Crippen LogP contribution in [0.1, 0.15) is 64.7 Å². The number of hydrogen-bond donors (Lipinski definition) is 1. The number of hydrogen-bond acceptors (Lipinski definition) is 2. The van der Waals surface area contributed by atoms with Crippen LogP contribution in [0.15, 0.2) is 0 Å². The van der Waals surface area contributed by atoms with Crippen molar-refractivity contribution in [1.82, 2.24) is 4.90 Å². The van der Waals surface area contributed by atoms with E-state index in [1.165, 1.54) is 44.9 Å². The molecular weight excluding hydrogens is 210 g/mol. The number of rotatable bonds is 3. The van der Waals surface area contributed by atoms with E-state index in [0.717, 1.165) is 25.3 Å². The second kappa shape index (κ2) is 5.71. The van der Waals surface area contributed by atoms with Crippen molar-refractivity contribution in [2.75, 3.05) is 13.6 Å². The maximum absolute atomic E-state index is 10.6. The molecule has 2 fully saturated rings. The number of likely N-dealkylation sites (N-methyl/N-ethyl adjacent to an activating group) is 1. The Balaban J connectivity index is 1.84. The monoisotopic (exact) mass is 239 g/mol. The van der Waals surface area contributed by atoms with Gasteiger partial charge in [0, 0.05) is 12.6 Å². The van der Waals surface area contributed by atoms with Crippen LogP contribution in [0.25, 0.3) is 0 Å². The van der Waals surface area contributed by atoms with Crippen molar-refractivity contribution in [2.24, 2.45) is 5.92 Å². The van der Waals surface area contributed by atoms with Crippen LogP contribution >= 0.6 is 0 Å². The fourth-order valence-electron chi connectivity index (χ4n) is 3.76. The Morgan fingerprint density at radius 3 is 2.47 bits per heavy atom. The molecule has 0 aliphatic heterocycles. The topological polar surface area (TPSA) is 23.5 Å². The standard InChI is InChI=1S/C15H29NO/c1-13-7-6-8-14(11-13)16(2)12-15(17)9-4-3-5-10-15/h13-14,17H,3-12H2,1-2H3. The van der Waals surface area contributed by atoms with Crippen LogP contribution in [-0.4, -0.2) is 35.2 Å². The van der Waals surface area contributed by atoms with Crippen LogP contribution in [0.4, 0.5) is 0 Å². The first kappa shape index (κ1) is 13.4. The highest BCUT2D eigenvalue weighted by molar-refractivity contribution is 4.87. The smallest absolute Gasteiger partial charge is 0.0774 e. The minimum absolute atomic E-state index is 0.381. The lowest BCUT2D eigenvalue weighted by Crippen LogP contribution is -2.47. The lowest BCUT2D eigenvalue weighted by atomic mass is 9.82. The summed E-state index contributed by atoms with van der Waals surface area (Å²) in [6.45, 7) is 3.26. The number of nitrogens with zero attached hydrogens (tertiary/aromatic N) is 1. The normalized spacial score (nSPS) is 33.9. The van der Waals surface area contributed by atoms with Crippen molar-refractivity contribution in [3.05, 3.63) is 0 Å². The van der Waals surface area contributed by atoms with Crippen molar-refractivity contribution in [3.63, 3.8) is 0 Å². The van der Waals surface area contributed by atoms with E-state index in [1.807, 2.05) is 0 Å². The summed E-state index contributed by atoms with van der Waals surface area (Å²) in [5.41, 5.74) is -0.381. The second-order valence-corrected chi connectivity index (χ2v) is 6.63. The van der Waals surface area contributed by atoms with E-state index in [-0.39, 0.29) is 5.60 Å². The molecule has 2 heteroatoms. The molecule has 0 amide bonds. The molecular formula is C15H29NO. The molecule has 2 aliphatic carbocycles. The van der Waals surface area contributed by atoms with Crippen molar-refractivity contribution in [2.45, 2.75) is 76.4 Å². The van der Waals surface area contributed by atoms with Crippen LogP contribution < -0.4 is 0 Å². The molecule has 2 atom stereocenters. The predicted molar refractivity (Wildman–Crippen MR) is 72.1 cm³/mol. The van der Waals surface area contributed by atoms with Gasteiger partial charge in [-0.05, 0) is 38.6 Å². The van der Waals surface area contributed by atoms with Gasteiger partial charge in [-0.15, -0.1) is 0 Å². The third-order valence-corrected chi connectivity index (χ3v) is 4.86. The summed E-state index contributed by atoms with van der Waals surface area (Å²) in [4.78, 5) is 2.45. The first-order chi connectivity index (χ1) is 8.09. The Labute approximate surface area is 106 Å². The van der Waals surface area contributed by atoms with Gasteiger partial charge in [-0.25, -0.2) is 0 Å². The molecule has 1 N–H and O–H groups in total. The van der Waals surface area contributed by atoms with Crippen LogP contribution in [0.5, 0.6) is 0 Å². The zero-order valence-electron chi connectivity index (χ0n) is 11.6. The summed E-state index contributed by atoms with van der Waals surface area (Å²) >= 11 is 0. The van der Waals surface area contributed by atoms with Gasteiger partial charge >= 0.3 is 0 Å². The summed E-state index contributed by atoms with van der Waals surface area (Å²) < 4.78 is 0. The molecule has 0 spiro atoms. The molecule has 0 aromatic carbocycles. The van der Waals surface area contributed by atoms with E-state index in [4.69, 9.17) is 0 Å². The molecule has 2 aliphatic rings. The maximum Gasteiger partial charge on any atom is 0.0774 e. The maximum atomic E-state index is 10.6. The third-order valence-electron chi connectivity index (χ3n) is 4.86. The van der Waals surface area contributed by atoms with Crippen molar-refractivity contribution in [1.29, 1.82) is 0 Å². The number of aliphatic hydroxyl groups is 1. The highest BCUT2D eigenvalue weighted by Gasteiger charge is 2.33. The van der Waals surface area contributed by atoms with Gasteiger partial charge in [0.25, 0.3) is 0 Å². The molecule has 0 radical (unpaired) electrons. The minimum Gasteiger partial charge on any atom is -0.389 e. The molecule has 0 heterocycles. The van der Waals surface area contributed by atoms with Gasteiger partial charge in [0.15, 0.2) is 0 Å². The fraction of sp³-hybridized carbons (Fsp3) is 1.00. The Morgan fingerprint density at radius 2 is 1.82 bits per heavy atom. The van der Waals surface area contributed by atoms with E-state index < -0.39 is 0 Å². The zero-order chi connectivity index (χ0) is 12.3. The zero-order valence-corrected chi connectivity index (χ0v) is 11.6. The molecule has 0 bridgehead atoms. The lowest BCUT2D eigenvalue weighted by molar-refractivity contribution is -0.0340. The summed E-state index contributed by atoms with van der Waals surface area (Å²) in [7, 11) is 2.22. The average molecular weight is 239 g/mol. The summed E-state index contributed by atoms with van der Waals surface area (Å²) in [5, 5.41) is 10.6. The van der Waals surface area contributed by atoms with Crippen molar-refractivity contribution >= 4 is 0 Å². The highest BCUT2D eigenvalue weighted by Crippen LogP contribution is 2.32. The molecule has 2 saturated carbocycles. The first-order valence-corrected chi connectivity index (χ1v) is 7.52. The predicted octanol–water partition coefficient (Wildman–Crippen LogP) is 3.19. The quantitative estimate of drug-likeness (QED) is 0.817. The van der Waals surface area contributed by atoms with Crippen molar-refractivity contribution in [3.8, 4) is 0 Å². The molecule has 100 valence electrons. The summed E-state index contributed by atoms with van der Waals surface area (Å²) in [5.74, 6) is 0.872. The minimum atomic E-state index is -0.381. The summed E-state index contributed by atoms with van der Waals surface area (Å²) in [6.07, 6.45) is 11.2. The molecule has 2 nitrogen and oxygen atoms in total. The molecule has 0 saturated heterocycles. The van der Waals surface area contributed by atoms with E-state index in [9.17, 15) is 5.11 Å². The highest BCUT2D eigenvalue weighted by atomic mass is 16.3. The Hall–Kier alpha value is -0.0800. The average Bonchev–Trinajstić information content (AvgIpc) is 2.29. The van der Waals surface area contributed by atoms with E-state index >= 15 is 0 Å². The SMILES string of the molecule is CC1CCCC(N(C)CC2(O)CCCCC2)C1. The molecule has 0 aromatic rings. The van der Waals surface area contributed by atoms with E-state index in [0.29, 0.717) is 6.04 Å². The van der Waals surface area contributed by atoms with Crippen LogP contribution in [0.2, 0.25) is 0 Å². The van der Waals surface area contributed by atoms with Crippen LogP contribution in [0, 0.1) is 5.92 Å². The van der Waals surface area contributed by atoms with Gasteiger partial charge in [-0.1, -0.05) is 39.0 Å². The van der Waals surface area contributed by atoms with Gasteiger partial charge in [-0.3, -0.25) is 0 Å². The van der Waals surface area contributed by atoms with Crippen LogP contribution in [0.3, 0.4) is 0 Å². The first-order valence-electron chi connectivity index (χ1n) is 7.52. The largest absolute Gasteiger partial charge is 0.389 e. The fourth-order valence-corrected chi connectivity index (χ4v) is 3.76. The van der Waals surface area contributed by atoms with Gasteiger partial charge in [0.05, 0.1) is 5.60 Å². The molecule has 2 rings (SSSR count). The van der Waals surface area contributed by atoms with Gasteiger partial charge in [0.2, 0.25) is 0 Å². The van der Waals surface area contributed by atoms with Gasteiger partial charge in [0.1, 0.15) is 0 Å². The second-order valence-electron chi connectivity index (χ2n) is 6.63. The lowest BCUT2D eigenvalue weighted by Gasteiger charge is -2.40. The molecule has 17 heavy (non-hydrogen) atoms. The third kappa shape index (κ3) is 3.69.